The maximum Gasteiger partial charge on any atom is 0.490 e. The molecule has 0 amide bonds. The first kappa shape index (κ1) is 21.9. The monoisotopic (exact) mass is 411 g/mol. The number of phosphoric acid groups is 3. The Kier molecular flexibility index (Phi) is 6.57. The van der Waals surface area contributed by atoms with E-state index in [1.165, 1.54) is 13.8 Å². The molecule has 0 bridgehead atoms. The van der Waals surface area contributed by atoms with Crippen molar-refractivity contribution in [2.45, 2.75) is 32.2 Å². The van der Waals surface area contributed by atoms with Crippen LogP contribution in [0.1, 0.15) is 13.8 Å². The molecule has 0 aliphatic carbocycles. The Labute approximate surface area is 136 Å². The predicted molar refractivity (Wildman–Crippen MR) is 73.9 cm³/mol. The zero-order valence-corrected chi connectivity index (χ0v) is 15.0. The number of rotatable bonds is 7. The largest absolute Gasteiger partial charge is 0.490 e. The van der Waals surface area contributed by atoms with E-state index in [-0.39, 0.29) is 0 Å². The molecule has 1 fully saturated rings. The zero-order chi connectivity index (χ0) is 19.0. The number of nitriles is 1. The van der Waals surface area contributed by atoms with E-state index in [0.717, 1.165) is 0 Å². The molecule has 13 nitrogen and oxygen atoms in total. The Balaban J connectivity index is 2.70. The second-order valence-corrected chi connectivity index (χ2v) is 9.46. The first-order valence-electron chi connectivity index (χ1n) is 6.15. The van der Waals surface area contributed by atoms with Crippen molar-refractivity contribution < 1.29 is 56.3 Å². The fourth-order valence-electron chi connectivity index (χ4n) is 1.86. The van der Waals surface area contributed by atoms with Crippen molar-refractivity contribution >= 4 is 23.5 Å². The van der Waals surface area contributed by atoms with E-state index in [1.54, 1.807) is 0 Å². The lowest BCUT2D eigenvalue weighted by Crippen LogP contribution is -2.37. The molecule has 1 aliphatic heterocycles. The highest BCUT2D eigenvalue weighted by Gasteiger charge is 2.52. The molecule has 0 aromatic heterocycles. The van der Waals surface area contributed by atoms with Gasteiger partial charge in [-0.25, -0.2) is 13.7 Å². The van der Waals surface area contributed by atoms with Gasteiger partial charge in [0, 0.05) is 0 Å². The number of hydrogen-bond acceptors (Lipinski definition) is 9. The zero-order valence-electron chi connectivity index (χ0n) is 12.3. The van der Waals surface area contributed by atoms with Crippen LogP contribution in [-0.2, 0) is 31.6 Å². The lowest BCUT2D eigenvalue weighted by molar-refractivity contribution is -0.0168. The summed E-state index contributed by atoms with van der Waals surface area (Å²) < 4.78 is 49.8. The Morgan fingerprint density at radius 1 is 1.17 bits per heavy atom. The summed E-state index contributed by atoms with van der Waals surface area (Å²) in [5.41, 5.74) is -1.32. The minimum atomic E-state index is -5.61. The van der Waals surface area contributed by atoms with Crippen molar-refractivity contribution in [2.24, 2.45) is 5.41 Å². The summed E-state index contributed by atoms with van der Waals surface area (Å²) in [4.78, 5) is 35.0. The molecule has 1 aliphatic rings. The quantitative estimate of drug-likeness (QED) is 0.350. The second kappa shape index (κ2) is 7.21. The highest BCUT2D eigenvalue weighted by Crippen LogP contribution is 2.66. The third-order valence-electron chi connectivity index (χ3n) is 3.25. The van der Waals surface area contributed by atoms with Crippen molar-refractivity contribution in [1.82, 2.24) is 0 Å². The second-order valence-electron chi connectivity index (χ2n) is 5.04. The SMILES string of the molecule is C[C@@H]1O[C@H](COP(=O)(O)OP(=O)(O)OP(=O)(O)O)[C@@H](O)[C@@]1(C)C#N. The van der Waals surface area contributed by atoms with Crippen LogP contribution in [0.25, 0.3) is 0 Å². The first-order chi connectivity index (χ1) is 10.6. The molecule has 0 saturated carbocycles. The molecule has 0 aromatic carbocycles. The maximum absolute atomic E-state index is 11.5. The molecule has 140 valence electrons. The van der Waals surface area contributed by atoms with Gasteiger partial charge in [-0.3, -0.25) is 4.52 Å². The number of aliphatic hydroxyl groups is 1. The van der Waals surface area contributed by atoms with Gasteiger partial charge in [-0.1, -0.05) is 0 Å². The van der Waals surface area contributed by atoms with Crippen molar-refractivity contribution in [3.63, 3.8) is 0 Å². The third-order valence-corrected chi connectivity index (χ3v) is 7.05. The van der Waals surface area contributed by atoms with Crippen molar-refractivity contribution in [3.05, 3.63) is 0 Å². The normalized spacial score (nSPS) is 35.8. The average molecular weight is 411 g/mol. The van der Waals surface area contributed by atoms with Gasteiger partial charge in [0.1, 0.15) is 17.6 Å². The van der Waals surface area contributed by atoms with E-state index < -0.39 is 53.8 Å². The summed E-state index contributed by atoms with van der Waals surface area (Å²) in [6.07, 6.45) is -3.37. The molecule has 2 unspecified atom stereocenters. The Bertz CT molecular complexity index is 655. The number of ether oxygens (including phenoxy) is 1. The highest BCUT2D eigenvalue weighted by atomic mass is 31.3. The summed E-state index contributed by atoms with van der Waals surface area (Å²) in [6.45, 7) is 2.07. The van der Waals surface area contributed by atoms with Gasteiger partial charge < -0.3 is 29.4 Å². The van der Waals surface area contributed by atoms with Gasteiger partial charge in [0.2, 0.25) is 0 Å². The molecular weight excluding hydrogens is 395 g/mol. The summed E-state index contributed by atoms with van der Waals surface area (Å²) in [6, 6.07) is 1.85. The van der Waals surface area contributed by atoms with Crippen LogP contribution >= 0.6 is 23.5 Å². The van der Waals surface area contributed by atoms with E-state index in [2.05, 4.69) is 13.1 Å². The minimum absolute atomic E-state index is 0.743. The Morgan fingerprint density at radius 3 is 2.12 bits per heavy atom. The molecule has 0 spiro atoms. The van der Waals surface area contributed by atoms with Crippen LogP contribution in [0, 0.1) is 16.7 Å². The van der Waals surface area contributed by atoms with Gasteiger partial charge in [0.25, 0.3) is 0 Å². The number of aliphatic hydroxyl groups excluding tert-OH is 1. The van der Waals surface area contributed by atoms with E-state index in [4.69, 9.17) is 24.7 Å². The smallest absolute Gasteiger partial charge is 0.389 e. The molecule has 1 saturated heterocycles. The highest BCUT2D eigenvalue weighted by molar-refractivity contribution is 7.66. The third kappa shape index (κ3) is 5.68. The van der Waals surface area contributed by atoms with Crippen molar-refractivity contribution in [3.8, 4) is 6.07 Å². The lowest BCUT2D eigenvalue weighted by Gasteiger charge is -2.22. The summed E-state index contributed by atoms with van der Waals surface area (Å²) in [7, 11) is -16.4. The minimum Gasteiger partial charge on any atom is -0.389 e. The Hall–Kier alpha value is -0.180. The maximum atomic E-state index is 11.5. The van der Waals surface area contributed by atoms with Gasteiger partial charge in [-0.15, -0.1) is 0 Å². The topological polar surface area (TPSA) is 213 Å². The lowest BCUT2D eigenvalue weighted by atomic mass is 9.82. The van der Waals surface area contributed by atoms with E-state index in [1.807, 2.05) is 6.07 Å². The molecular formula is C8H16NO12P3. The molecule has 16 heteroatoms. The summed E-state index contributed by atoms with van der Waals surface area (Å²) in [5.74, 6) is 0. The van der Waals surface area contributed by atoms with Crippen LogP contribution in [0.3, 0.4) is 0 Å². The van der Waals surface area contributed by atoms with Crippen LogP contribution < -0.4 is 0 Å². The van der Waals surface area contributed by atoms with Crippen LogP contribution in [0.4, 0.5) is 0 Å². The van der Waals surface area contributed by atoms with Crippen molar-refractivity contribution in [1.29, 1.82) is 5.26 Å². The summed E-state index contributed by atoms with van der Waals surface area (Å²) >= 11 is 0. The summed E-state index contributed by atoms with van der Waals surface area (Å²) in [5, 5.41) is 19.0. The van der Waals surface area contributed by atoms with Crippen LogP contribution in [0.15, 0.2) is 0 Å². The molecule has 1 rings (SSSR count). The molecule has 5 N–H and O–H groups in total. The molecule has 1 heterocycles. The van der Waals surface area contributed by atoms with Crippen LogP contribution in [0.2, 0.25) is 0 Å². The fraction of sp³-hybridized carbons (Fsp3) is 0.875. The van der Waals surface area contributed by atoms with Gasteiger partial charge in [-0.2, -0.15) is 13.9 Å². The van der Waals surface area contributed by atoms with E-state index >= 15 is 0 Å². The number of phosphoric ester groups is 1. The van der Waals surface area contributed by atoms with Crippen molar-refractivity contribution in [2.75, 3.05) is 6.61 Å². The first-order valence-corrected chi connectivity index (χ1v) is 10.7. The standard InChI is InChI=1S/C8H16NO12P3/c1-5-8(2,4-9)7(10)6(19-5)3-18-23(14,15)21-24(16,17)20-22(11,12)13/h5-7,10H,3H2,1-2H3,(H,14,15)(H,16,17)(H2,11,12,13)/t5-,6+,7+,8-/m0/s1. The van der Waals surface area contributed by atoms with Gasteiger partial charge in [-0.05, 0) is 13.8 Å². The number of nitrogens with zero attached hydrogens (tertiary/aromatic N) is 1. The number of hydrogen-bond donors (Lipinski definition) is 5. The Morgan fingerprint density at radius 2 is 1.71 bits per heavy atom. The molecule has 6 atom stereocenters. The van der Waals surface area contributed by atoms with Crippen LogP contribution in [0.5, 0.6) is 0 Å². The van der Waals surface area contributed by atoms with E-state index in [0.29, 0.717) is 0 Å². The van der Waals surface area contributed by atoms with Gasteiger partial charge in [0.05, 0.1) is 18.8 Å². The molecule has 0 radical (unpaired) electrons. The van der Waals surface area contributed by atoms with Gasteiger partial charge in [0.15, 0.2) is 0 Å². The molecule has 0 aromatic rings. The fourth-order valence-corrected chi connectivity index (χ4v) is 4.89. The van der Waals surface area contributed by atoms with E-state index in [9.17, 15) is 23.7 Å². The predicted octanol–water partition coefficient (Wildman–Crippen LogP) is 0.00778. The van der Waals surface area contributed by atoms with Gasteiger partial charge >= 0.3 is 23.5 Å². The molecule has 24 heavy (non-hydrogen) atoms. The van der Waals surface area contributed by atoms with Crippen LogP contribution in [-0.4, -0.2) is 49.6 Å². The average Bonchev–Trinajstić information content (AvgIpc) is 2.57.